The fourth-order valence-corrected chi connectivity index (χ4v) is 2.44. The van der Waals surface area contributed by atoms with Gasteiger partial charge in [0.25, 0.3) is 0 Å². The molecule has 1 aromatic heterocycles. The molecule has 2 heterocycles. The number of aromatic nitrogens is 2. The van der Waals surface area contributed by atoms with Gasteiger partial charge in [0.1, 0.15) is 5.75 Å². The van der Waals surface area contributed by atoms with E-state index in [-0.39, 0.29) is 0 Å². The molecular formula is C15H17N3O. The highest BCUT2D eigenvalue weighted by Gasteiger charge is 2.18. The van der Waals surface area contributed by atoms with Gasteiger partial charge >= 0.3 is 0 Å². The summed E-state index contributed by atoms with van der Waals surface area (Å²) in [6.07, 6.45) is 0. The third-order valence-corrected chi connectivity index (χ3v) is 3.49. The van der Waals surface area contributed by atoms with Crippen LogP contribution in [0.25, 0.3) is 11.4 Å². The Hall–Kier alpha value is -1.94. The summed E-state index contributed by atoms with van der Waals surface area (Å²) in [6, 6.07) is 6.10. The van der Waals surface area contributed by atoms with E-state index in [1.54, 1.807) is 7.11 Å². The van der Waals surface area contributed by atoms with E-state index in [1.807, 2.05) is 26.0 Å². The summed E-state index contributed by atoms with van der Waals surface area (Å²) in [5.41, 5.74) is 5.50. The van der Waals surface area contributed by atoms with Gasteiger partial charge in [0, 0.05) is 24.3 Å². The predicted molar refractivity (Wildman–Crippen MR) is 74.0 cm³/mol. The van der Waals surface area contributed by atoms with Crippen molar-refractivity contribution in [2.75, 3.05) is 7.11 Å². The van der Waals surface area contributed by atoms with E-state index in [4.69, 9.17) is 4.74 Å². The molecule has 19 heavy (non-hydrogen) atoms. The number of hydrogen-bond acceptors (Lipinski definition) is 4. The number of ether oxygens (including phenoxy) is 1. The molecule has 1 N–H and O–H groups in total. The molecule has 0 fully saturated rings. The number of fused-ring (bicyclic) bond motifs is 1. The summed E-state index contributed by atoms with van der Waals surface area (Å²) in [5.74, 6) is 1.57. The van der Waals surface area contributed by atoms with E-state index < -0.39 is 0 Å². The van der Waals surface area contributed by atoms with Gasteiger partial charge in [-0.2, -0.15) is 0 Å². The Morgan fingerprint density at radius 3 is 2.79 bits per heavy atom. The Bertz CT molecular complexity index is 638. The van der Waals surface area contributed by atoms with Crippen molar-refractivity contribution in [3.05, 3.63) is 40.7 Å². The van der Waals surface area contributed by atoms with Crippen LogP contribution in [0, 0.1) is 13.8 Å². The number of aryl methyl sites for hydroxylation is 2. The van der Waals surface area contributed by atoms with Gasteiger partial charge in [-0.05, 0) is 31.5 Å². The van der Waals surface area contributed by atoms with Crippen LogP contribution in [0.1, 0.15) is 22.5 Å². The molecule has 98 valence electrons. The van der Waals surface area contributed by atoms with E-state index in [1.165, 1.54) is 11.1 Å². The van der Waals surface area contributed by atoms with Gasteiger partial charge in [-0.15, -0.1) is 0 Å². The molecule has 3 rings (SSSR count). The Balaban J connectivity index is 2.15. The van der Waals surface area contributed by atoms with Crippen molar-refractivity contribution in [3.63, 3.8) is 0 Å². The standard InChI is InChI=1S/C15H17N3O/c1-9-4-5-11(14(6-9)19-3)15-17-10(2)12-7-16-8-13(12)18-15/h4-6,16H,7-8H2,1-3H3. The molecule has 1 aliphatic heterocycles. The molecule has 0 atom stereocenters. The van der Waals surface area contributed by atoms with Crippen LogP contribution in [0.2, 0.25) is 0 Å². The second-order valence-electron chi connectivity index (χ2n) is 4.87. The molecule has 0 saturated heterocycles. The zero-order valence-corrected chi connectivity index (χ0v) is 11.4. The first-order valence-electron chi connectivity index (χ1n) is 6.41. The highest BCUT2D eigenvalue weighted by Crippen LogP contribution is 2.30. The van der Waals surface area contributed by atoms with Crippen LogP contribution < -0.4 is 10.1 Å². The zero-order chi connectivity index (χ0) is 13.4. The van der Waals surface area contributed by atoms with Gasteiger partial charge in [-0.1, -0.05) is 6.07 Å². The lowest BCUT2D eigenvalue weighted by atomic mass is 10.1. The Morgan fingerprint density at radius 1 is 1.16 bits per heavy atom. The molecule has 4 heteroatoms. The molecule has 1 aliphatic rings. The van der Waals surface area contributed by atoms with Crippen molar-refractivity contribution < 1.29 is 4.74 Å². The SMILES string of the molecule is COc1cc(C)ccc1-c1nc(C)c2c(n1)CNC2. The molecule has 0 aliphatic carbocycles. The van der Waals surface area contributed by atoms with Crippen molar-refractivity contribution >= 4 is 0 Å². The van der Waals surface area contributed by atoms with Crippen LogP contribution in [0.5, 0.6) is 5.75 Å². The van der Waals surface area contributed by atoms with Crippen LogP contribution in [-0.2, 0) is 13.1 Å². The largest absolute Gasteiger partial charge is 0.496 e. The second kappa shape index (κ2) is 4.63. The summed E-state index contributed by atoms with van der Waals surface area (Å²) in [5, 5.41) is 3.31. The lowest BCUT2D eigenvalue weighted by Crippen LogP contribution is -2.01. The summed E-state index contributed by atoms with van der Waals surface area (Å²) < 4.78 is 5.44. The van der Waals surface area contributed by atoms with Crippen LogP contribution >= 0.6 is 0 Å². The molecule has 0 saturated carbocycles. The average molecular weight is 255 g/mol. The molecule has 2 aromatic rings. The quantitative estimate of drug-likeness (QED) is 0.895. The number of hydrogen-bond donors (Lipinski definition) is 1. The lowest BCUT2D eigenvalue weighted by Gasteiger charge is -2.10. The molecule has 0 amide bonds. The summed E-state index contributed by atoms with van der Waals surface area (Å²) in [7, 11) is 1.68. The molecule has 0 radical (unpaired) electrons. The third-order valence-electron chi connectivity index (χ3n) is 3.49. The Morgan fingerprint density at radius 2 is 2.00 bits per heavy atom. The van der Waals surface area contributed by atoms with Crippen molar-refractivity contribution in [1.82, 2.24) is 15.3 Å². The van der Waals surface area contributed by atoms with E-state index in [2.05, 4.69) is 21.4 Å². The van der Waals surface area contributed by atoms with Crippen molar-refractivity contribution in [2.24, 2.45) is 0 Å². The van der Waals surface area contributed by atoms with Crippen molar-refractivity contribution in [1.29, 1.82) is 0 Å². The minimum Gasteiger partial charge on any atom is -0.496 e. The average Bonchev–Trinajstić information content (AvgIpc) is 2.87. The van der Waals surface area contributed by atoms with Gasteiger partial charge < -0.3 is 10.1 Å². The first-order valence-corrected chi connectivity index (χ1v) is 6.41. The van der Waals surface area contributed by atoms with Gasteiger partial charge in [0.05, 0.1) is 18.4 Å². The number of nitrogens with one attached hydrogen (secondary N) is 1. The highest BCUT2D eigenvalue weighted by molar-refractivity contribution is 5.65. The monoisotopic (exact) mass is 255 g/mol. The topological polar surface area (TPSA) is 47.0 Å². The first-order chi connectivity index (χ1) is 9.19. The fraction of sp³-hybridized carbons (Fsp3) is 0.333. The van der Waals surface area contributed by atoms with Crippen LogP contribution in [0.4, 0.5) is 0 Å². The van der Waals surface area contributed by atoms with Gasteiger partial charge in [0.2, 0.25) is 0 Å². The molecular weight excluding hydrogens is 238 g/mol. The van der Waals surface area contributed by atoms with Gasteiger partial charge in [-0.3, -0.25) is 0 Å². The van der Waals surface area contributed by atoms with Crippen molar-refractivity contribution in [3.8, 4) is 17.1 Å². The van der Waals surface area contributed by atoms with Crippen LogP contribution in [0.3, 0.4) is 0 Å². The summed E-state index contributed by atoms with van der Waals surface area (Å²) in [4.78, 5) is 9.29. The maximum Gasteiger partial charge on any atom is 0.163 e. The molecule has 0 unspecified atom stereocenters. The van der Waals surface area contributed by atoms with Crippen molar-refractivity contribution in [2.45, 2.75) is 26.9 Å². The fourth-order valence-electron chi connectivity index (χ4n) is 2.44. The number of methoxy groups -OCH3 is 1. The molecule has 0 bridgehead atoms. The van der Waals surface area contributed by atoms with Crippen LogP contribution in [0.15, 0.2) is 18.2 Å². The maximum atomic E-state index is 5.44. The van der Waals surface area contributed by atoms with E-state index >= 15 is 0 Å². The van der Waals surface area contributed by atoms with Gasteiger partial charge in [-0.25, -0.2) is 9.97 Å². The second-order valence-corrected chi connectivity index (χ2v) is 4.87. The van der Waals surface area contributed by atoms with Crippen LogP contribution in [-0.4, -0.2) is 17.1 Å². The lowest BCUT2D eigenvalue weighted by molar-refractivity contribution is 0.416. The normalized spacial score (nSPS) is 13.4. The smallest absolute Gasteiger partial charge is 0.163 e. The maximum absolute atomic E-state index is 5.44. The minimum atomic E-state index is 0.747. The molecule has 4 nitrogen and oxygen atoms in total. The summed E-state index contributed by atoms with van der Waals surface area (Å²) >= 11 is 0. The highest BCUT2D eigenvalue weighted by atomic mass is 16.5. The number of nitrogens with zero attached hydrogens (tertiary/aromatic N) is 2. The Kier molecular flexibility index (Phi) is 2.95. The zero-order valence-electron chi connectivity index (χ0n) is 11.4. The van der Waals surface area contributed by atoms with E-state index in [9.17, 15) is 0 Å². The van der Waals surface area contributed by atoms with E-state index in [0.717, 1.165) is 41.6 Å². The first kappa shape index (κ1) is 12.1. The Labute approximate surface area is 112 Å². The van der Waals surface area contributed by atoms with Gasteiger partial charge in [0.15, 0.2) is 5.82 Å². The number of rotatable bonds is 2. The summed E-state index contributed by atoms with van der Waals surface area (Å²) in [6.45, 7) is 5.77. The molecule has 0 spiro atoms. The van der Waals surface area contributed by atoms with E-state index in [0.29, 0.717) is 0 Å². The predicted octanol–water partition coefficient (Wildman–Crippen LogP) is 2.37. The molecule has 1 aromatic carbocycles. The minimum absolute atomic E-state index is 0.747. The third kappa shape index (κ3) is 2.08. The number of benzene rings is 1.